The second-order valence-corrected chi connectivity index (χ2v) is 14.0. The van der Waals surface area contributed by atoms with E-state index in [1.54, 1.807) is 30.5 Å². The summed E-state index contributed by atoms with van der Waals surface area (Å²) in [5, 5.41) is 19.9. The van der Waals surface area contributed by atoms with Crippen molar-refractivity contribution in [1.29, 1.82) is 0 Å². The fourth-order valence-corrected chi connectivity index (χ4v) is 8.18. The molecule has 5 heteroatoms. The standard InChI is InChI=1S/C51H33N3O2/c55-54(56)41-28-26-40(27-29-41)53(42-30-31-49-38(33-42)11-8-32-52-49)39-24-22-35(23-25-39)34-18-20-37(21-19-34)50-45-13-3-5-15-47(45)51(48-16-6-4-14-46(48)50)44-17-7-10-36-9-1-2-12-43(36)44/h1-33H. The molecular formula is C51H33N3O2. The van der Waals surface area contributed by atoms with Gasteiger partial charge in [0.25, 0.3) is 5.69 Å². The fraction of sp³-hybridized carbons (Fsp3) is 0. The number of nitrogens with zero attached hydrogens (tertiary/aromatic N) is 3. The molecule has 264 valence electrons. The van der Waals surface area contributed by atoms with Crippen LogP contribution in [0.4, 0.5) is 22.7 Å². The van der Waals surface area contributed by atoms with Gasteiger partial charge in [0.2, 0.25) is 0 Å². The largest absolute Gasteiger partial charge is 0.310 e. The van der Waals surface area contributed by atoms with Gasteiger partial charge in [-0.3, -0.25) is 15.1 Å². The smallest absolute Gasteiger partial charge is 0.269 e. The average molecular weight is 720 g/mol. The lowest BCUT2D eigenvalue weighted by molar-refractivity contribution is -0.384. The minimum absolute atomic E-state index is 0.0527. The second kappa shape index (κ2) is 13.7. The van der Waals surface area contributed by atoms with E-state index in [1.807, 2.05) is 24.3 Å². The molecule has 9 aromatic carbocycles. The third-order valence-electron chi connectivity index (χ3n) is 10.8. The molecule has 0 amide bonds. The van der Waals surface area contributed by atoms with E-state index in [1.165, 1.54) is 49.0 Å². The number of pyridine rings is 1. The topological polar surface area (TPSA) is 59.3 Å². The molecule has 0 aliphatic rings. The van der Waals surface area contributed by atoms with E-state index in [9.17, 15) is 10.1 Å². The van der Waals surface area contributed by atoms with Crippen molar-refractivity contribution in [2.75, 3.05) is 4.90 Å². The molecule has 0 atom stereocenters. The first-order chi connectivity index (χ1) is 27.6. The molecule has 10 aromatic rings. The summed E-state index contributed by atoms with van der Waals surface area (Å²) < 4.78 is 0. The number of rotatable bonds is 7. The van der Waals surface area contributed by atoms with Gasteiger partial charge in [0.1, 0.15) is 0 Å². The summed E-state index contributed by atoms with van der Waals surface area (Å²) in [5.74, 6) is 0. The lowest BCUT2D eigenvalue weighted by Gasteiger charge is -2.26. The molecule has 0 aliphatic heterocycles. The second-order valence-electron chi connectivity index (χ2n) is 14.0. The summed E-state index contributed by atoms with van der Waals surface area (Å²) in [4.78, 5) is 17.7. The van der Waals surface area contributed by atoms with Gasteiger partial charge in [-0.2, -0.15) is 0 Å². The van der Waals surface area contributed by atoms with Crippen molar-refractivity contribution < 1.29 is 4.92 Å². The molecule has 0 N–H and O–H groups in total. The Bertz CT molecular complexity index is 3040. The van der Waals surface area contributed by atoms with Gasteiger partial charge in [0.15, 0.2) is 0 Å². The van der Waals surface area contributed by atoms with Crippen molar-refractivity contribution in [3.8, 4) is 33.4 Å². The first-order valence-electron chi connectivity index (χ1n) is 18.6. The first kappa shape index (κ1) is 33.0. The normalized spacial score (nSPS) is 11.4. The molecular weight excluding hydrogens is 687 g/mol. The summed E-state index contributed by atoms with van der Waals surface area (Å²) in [5.41, 5.74) is 10.7. The maximum atomic E-state index is 11.4. The predicted molar refractivity (Wildman–Crippen MR) is 232 cm³/mol. The SMILES string of the molecule is O=[N+]([O-])c1ccc(N(c2ccc(-c3ccc(-c4c5ccccc5c(-c5cccc6ccccc56)c5ccccc45)cc3)cc2)c2ccc3ncccc3c2)cc1. The van der Waals surface area contributed by atoms with Crippen LogP contribution in [0.2, 0.25) is 0 Å². The first-order valence-corrected chi connectivity index (χ1v) is 18.6. The van der Waals surface area contributed by atoms with Gasteiger partial charge in [-0.25, -0.2) is 0 Å². The van der Waals surface area contributed by atoms with Crippen LogP contribution in [0.5, 0.6) is 0 Å². The van der Waals surface area contributed by atoms with Crippen molar-refractivity contribution in [1.82, 2.24) is 4.98 Å². The average Bonchev–Trinajstić information content (AvgIpc) is 3.26. The Morgan fingerprint density at radius 3 is 1.57 bits per heavy atom. The van der Waals surface area contributed by atoms with Crippen molar-refractivity contribution in [3.63, 3.8) is 0 Å². The van der Waals surface area contributed by atoms with Crippen LogP contribution in [0.3, 0.4) is 0 Å². The third kappa shape index (κ3) is 5.70. The lowest BCUT2D eigenvalue weighted by atomic mass is 9.84. The number of benzene rings is 9. The number of aromatic nitrogens is 1. The van der Waals surface area contributed by atoms with Crippen molar-refractivity contribution in [3.05, 3.63) is 210 Å². The van der Waals surface area contributed by atoms with Crippen LogP contribution >= 0.6 is 0 Å². The molecule has 0 spiro atoms. The maximum absolute atomic E-state index is 11.4. The van der Waals surface area contributed by atoms with Crippen molar-refractivity contribution in [2.24, 2.45) is 0 Å². The summed E-state index contributed by atoms with van der Waals surface area (Å²) in [7, 11) is 0. The van der Waals surface area contributed by atoms with Gasteiger partial charge < -0.3 is 4.90 Å². The molecule has 0 saturated carbocycles. The summed E-state index contributed by atoms with van der Waals surface area (Å²) in [6.45, 7) is 0. The van der Waals surface area contributed by atoms with Crippen LogP contribution in [0.25, 0.3) is 76.6 Å². The van der Waals surface area contributed by atoms with Crippen LogP contribution in [0.1, 0.15) is 0 Å². The summed E-state index contributed by atoms with van der Waals surface area (Å²) in [6, 6.07) is 66.9. The van der Waals surface area contributed by atoms with Crippen LogP contribution in [-0.4, -0.2) is 9.91 Å². The van der Waals surface area contributed by atoms with Crippen LogP contribution < -0.4 is 4.90 Å². The van der Waals surface area contributed by atoms with E-state index in [-0.39, 0.29) is 10.6 Å². The molecule has 0 aliphatic carbocycles. The third-order valence-corrected chi connectivity index (χ3v) is 10.8. The number of nitro benzene ring substituents is 1. The molecule has 0 saturated heterocycles. The summed E-state index contributed by atoms with van der Waals surface area (Å²) >= 11 is 0. The molecule has 10 rings (SSSR count). The highest BCUT2D eigenvalue weighted by Crippen LogP contribution is 2.45. The lowest BCUT2D eigenvalue weighted by Crippen LogP contribution is -2.10. The van der Waals surface area contributed by atoms with E-state index in [4.69, 9.17) is 0 Å². The molecule has 1 aromatic heterocycles. The number of nitro groups is 1. The number of fused-ring (bicyclic) bond motifs is 4. The molecule has 0 radical (unpaired) electrons. The van der Waals surface area contributed by atoms with E-state index < -0.39 is 0 Å². The Morgan fingerprint density at radius 1 is 0.429 bits per heavy atom. The number of anilines is 3. The van der Waals surface area contributed by atoms with Gasteiger partial charge in [-0.05, 0) is 114 Å². The van der Waals surface area contributed by atoms with E-state index in [2.05, 4.69) is 155 Å². The monoisotopic (exact) mass is 719 g/mol. The molecule has 1 heterocycles. The Kier molecular flexibility index (Phi) is 8.04. The molecule has 0 unspecified atom stereocenters. The van der Waals surface area contributed by atoms with Gasteiger partial charge in [-0.1, -0.05) is 133 Å². The number of hydrogen-bond donors (Lipinski definition) is 0. The van der Waals surface area contributed by atoms with Gasteiger partial charge >= 0.3 is 0 Å². The molecule has 0 fully saturated rings. The summed E-state index contributed by atoms with van der Waals surface area (Å²) in [6.07, 6.45) is 1.79. The Labute approximate surface area is 323 Å². The highest BCUT2D eigenvalue weighted by molar-refractivity contribution is 6.23. The van der Waals surface area contributed by atoms with Gasteiger partial charge in [0.05, 0.1) is 10.4 Å². The van der Waals surface area contributed by atoms with E-state index in [0.717, 1.165) is 44.7 Å². The zero-order valence-electron chi connectivity index (χ0n) is 30.2. The van der Waals surface area contributed by atoms with E-state index >= 15 is 0 Å². The fourth-order valence-electron chi connectivity index (χ4n) is 8.18. The highest BCUT2D eigenvalue weighted by Gasteiger charge is 2.19. The molecule has 5 nitrogen and oxygen atoms in total. The number of non-ortho nitro benzene ring substituents is 1. The minimum atomic E-state index is -0.373. The maximum Gasteiger partial charge on any atom is 0.269 e. The predicted octanol–water partition coefficient (Wildman–Crippen LogP) is 14.1. The molecule has 56 heavy (non-hydrogen) atoms. The zero-order valence-corrected chi connectivity index (χ0v) is 30.2. The van der Waals surface area contributed by atoms with Crippen LogP contribution in [0.15, 0.2) is 200 Å². The van der Waals surface area contributed by atoms with Crippen molar-refractivity contribution >= 4 is 66.0 Å². The highest BCUT2D eigenvalue weighted by atomic mass is 16.6. The quantitative estimate of drug-likeness (QED) is 0.0935. The Balaban J connectivity index is 1.04. The van der Waals surface area contributed by atoms with Crippen LogP contribution in [-0.2, 0) is 0 Å². The number of hydrogen-bond acceptors (Lipinski definition) is 4. The Morgan fingerprint density at radius 2 is 0.929 bits per heavy atom. The van der Waals surface area contributed by atoms with Gasteiger partial charge in [-0.15, -0.1) is 0 Å². The Hall–Kier alpha value is -7.63. The van der Waals surface area contributed by atoms with E-state index in [0.29, 0.717) is 0 Å². The van der Waals surface area contributed by atoms with Crippen LogP contribution in [0, 0.1) is 10.1 Å². The zero-order chi connectivity index (χ0) is 37.6. The molecule has 0 bridgehead atoms. The van der Waals surface area contributed by atoms with Gasteiger partial charge in [0, 0.05) is 40.8 Å². The minimum Gasteiger partial charge on any atom is -0.310 e. The van der Waals surface area contributed by atoms with Crippen molar-refractivity contribution in [2.45, 2.75) is 0 Å².